The van der Waals surface area contributed by atoms with E-state index in [-0.39, 0.29) is 12.2 Å². The second-order valence-corrected chi connectivity index (χ2v) is 18.7. The van der Waals surface area contributed by atoms with E-state index in [4.69, 9.17) is 4.43 Å². The average molecular weight is 549 g/mol. The summed E-state index contributed by atoms with van der Waals surface area (Å²) in [5.74, 6) is 1.77. The summed E-state index contributed by atoms with van der Waals surface area (Å²) < 4.78 is 6.88. The molecule has 0 aliphatic heterocycles. The van der Waals surface area contributed by atoms with Crippen LogP contribution in [-0.4, -0.2) is 48.1 Å². The zero-order valence-corrected chi connectivity index (χ0v) is 26.8. The second-order valence-electron chi connectivity index (χ2n) is 14.0. The van der Waals surface area contributed by atoms with Crippen LogP contribution >= 0.6 is 0 Å². The zero-order chi connectivity index (χ0) is 28.1. The van der Waals surface area contributed by atoms with Gasteiger partial charge in [0.05, 0.1) is 24.4 Å². The van der Waals surface area contributed by atoms with Crippen molar-refractivity contribution in [2.24, 2.45) is 29.1 Å². The fourth-order valence-corrected chi connectivity index (χ4v) is 11.9. The van der Waals surface area contributed by atoms with E-state index in [0.717, 1.165) is 23.8 Å². The minimum Gasteiger partial charge on any atom is -0.412 e. The standard InChI is InChI=1S/C33H60O4Si/c1-8-38(9-2,10-3)37-32(5,6)19-11-13-24(4)28-17-18-29-26(14-12-20-33(28,29)7)16-15-25-21-30(35)27(23-34)31(36)22-25/h15-16,24,27-31,34-36H,8-14,17-23H2,1-7H3/b25-15?,26-16+/t24-,27?,28-,29+,30-,31-,33-/m1/s1. The van der Waals surface area contributed by atoms with Crippen molar-refractivity contribution in [1.82, 2.24) is 0 Å². The van der Waals surface area contributed by atoms with Gasteiger partial charge in [-0.1, -0.05) is 70.8 Å². The Morgan fingerprint density at radius 2 is 1.68 bits per heavy atom. The molecule has 3 aliphatic carbocycles. The molecule has 0 bridgehead atoms. The minimum atomic E-state index is -1.58. The first kappa shape index (κ1) is 32.1. The van der Waals surface area contributed by atoms with Crippen molar-refractivity contribution in [2.75, 3.05) is 6.61 Å². The molecule has 3 saturated carbocycles. The largest absolute Gasteiger partial charge is 0.412 e. The maximum atomic E-state index is 10.4. The van der Waals surface area contributed by atoms with Gasteiger partial charge in [-0.3, -0.25) is 0 Å². The predicted molar refractivity (Wildman–Crippen MR) is 162 cm³/mol. The van der Waals surface area contributed by atoms with Crippen LogP contribution in [0, 0.1) is 29.1 Å². The van der Waals surface area contributed by atoms with E-state index in [9.17, 15) is 15.3 Å². The zero-order valence-electron chi connectivity index (χ0n) is 25.8. The highest BCUT2D eigenvalue weighted by Gasteiger charge is 2.50. The molecule has 3 N–H and O–H groups in total. The molecular weight excluding hydrogens is 488 g/mol. The van der Waals surface area contributed by atoms with Gasteiger partial charge in [0.25, 0.3) is 0 Å². The Balaban J connectivity index is 1.60. The van der Waals surface area contributed by atoms with Gasteiger partial charge in [0.1, 0.15) is 0 Å². The van der Waals surface area contributed by atoms with Crippen molar-refractivity contribution in [2.45, 2.75) is 149 Å². The van der Waals surface area contributed by atoms with E-state index in [1.54, 1.807) is 5.57 Å². The highest BCUT2D eigenvalue weighted by molar-refractivity contribution is 6.73. The fraction of sp³-hybridized carbons (Fsp3) is 0.879. The summed E-state index contributed by atoms with van der Waals surface area (Å²) in [4.78, 5) is 0. The quantitative estimate of drug-likeness (QED) is 0.218. The maximum Gasteiger partial charge on any atom is 0.192 e. The molecule has 6 atom stereocenters. The van der Waals surface area contributed by atoms with Crippen LogP contribution < -0.4 is 0 Å². The monoisotopic (exact) mass is 548 g/mol. The number of aliphatic hydroxyl groups is 3. The van der Waals surface area contributed by atoms with E-state index < -0.39 is 26.4 Å². The summed E-state index contributed by atoms with van der Waals surface area (Å²) in [6.07, 6.45) is 14.5. The lowest BCUT2D eigenvalue weighted by atomic mass is 9.60. The number of hydrogen-bond donors (Lipinski definition) is 3. The molecule has 0 aromatic carbocycles. The lowest BCUT2D eigenvalue weighted by molar-refractivity contribution is -0.0312. The Bertz CT molecular complexity index is 794. The topological polar surface area (TPSA) is 69.9 Å². The number of allylic oxidation sites excluding steroid dienone is 3. The summed E-state index contributed by atoms with van der Waals surface area (Å²) in [5, 5.41) is 30.2. The first-order valence-electron chi connectivity index (χ1n) is 16.0. The van der Waals surface area contributed by atoms with Crippen molar-refractivity contribution in [1.29, 1.82) is 0 Å². The van der Waals surface area contributed by atoms with Gasteiger partial charge < -0.3 is 19.7 Å². The van der Waals surface area contributed by atoms with Crippen LogP contribution in [-0.2, 0) is 4.43 Å². The lowest BCUT2D eigenvalue weighted by Gasteiger charge is -2.44. The number of rotatable bonds is 12. The summed E-state index contributed by atoms with van der Waals surface area (Å²) >= 11 is 0. The van der Waals surface area contributed by atoms with Crippen LogP contribution in [0.3, 0.4) is 0 Å². The first-order chi connectivity index (χ1) is 17.9. The van der Waals surface area contributed by atoms with Crippen LogP contribution in [0.5, 0.6) is 0 Å². The SMILES string of the molecule is CC[Si](CC)(CC)OC(C)(C)CCC[C@@H](C)[C@H]1CC[C@H]2/C(=C/C=C3C[C@@H](O)C(CO)[C@H](O)C3)CCC[C@]12C. The molecule has 0 radical (unpaired) electrons. The Morgan fingerprint density at radius 1 is 1.05 bits per heavy atom. The first-order valence-corrected chi connectivity index (χ1v) is 18.5. The molecule has 0 aromatic rings. The molecule has 5 heteroatoms. The molecule has 0 aromatic heterocycles. The van der Waals surface area contributed by atoms with Gasteiger partial charge in [0.2, 0.25) is 0 Å². The summed E-state index contributed by atoms with van der Waals surface area (Å²) in [7, 11) is -1.58. The van der Waals surface area contributed by atoms with Crippen molar-refractivity contribution in [3.8, 4) is 0 Å². The Kier molecular flexibility index (Phi) is 11.4. The third-order valence-electron chi connectivity index (χ3n) is 11.3. The van der Waals surface area contributed by atoms with Crippen LogP contribution in [0.25, 0.3) is 0 Å². The molecule has 3 aliphatic rings. The summed E-state index contributed by atoms with van der Waals surface area (Å²) in [6.45, 7) is 16.6. The van der Waals surface area contributed by atoms with Crippen molar-refractivity contribution in [3.05, 3.63) is 23.3 Å². The van der Waals surface area contributed by atoms with Crippen molar-refractivity contribution >= 4 is 8.32 Å². The van der Waals surface area contributed by atoms with Crippen molar-refractivity contribution in [3.63, 3.8) is 0 Å². The number of hydrogen-bond acceptors (Lipinski definition) is 4. The molecule has 3 fully saturated rings. The molecular formula is C33H60O4Si. The van der Waals surface area contributed by atoms with E-state index in [1.165, 1.54) is 63.1 Å². The molecule has 38 heavy (non-hydrogen) atoms. The molecule has 0 heterocycles. The summed E-state index contributed by atoms with van der Waals surface area (Å²) in [5.41, 5.74) is 3.07. The van der Waals surface area contributed by atoms with Gasteiger partial charge in [-0.25, -0.2) is 0 Å². The van der Waals surface area contributed by atoms with E-state index >= 15 is 0 Å². The molecule has 3 rings (SSSR count). The van der Waals surface area contributed by atoms with Crippen LogP contribution in [0.1, 0.15) is 113 Å². The number of fused-ring (bicyclic) bond motifs is 1. The van der Waals surface area contributed by atoms with Crippen LogP contribution in [0.15, 0.2) is 23.3 Å². The Labute approximate surface area is 235 Å². The predicted octanol–water partition coefficient (Wildman–Crippen LogP) is 7.79. The van der Waals surface area contributed by atoms with Gasteiger partial charge in [0.15, 0.2) is 8.32 Å². The van der Waals surface area contributed by atoms with Gasteiger partial charge in [-0.05, 0) is 107 Å². The molecule has 0 saturated heterocycles. The smallest absolute Gasteiger partial charge is 0.192 e. The highest BCUT2D eigenvalue weighted by atomic mass is 28.4. The summed E-state index contributed by atoms with van der Waals surface area (Å²) in [6, 6.07) is 3.66. The Hall–Kier alpha value is -0.463. The van der Waals surface area contributed by atoms with Crippen LogP contribution in [0.2, 0.25) is 18.1 Å². The maximum absolute atomic E-state index is 10.4. The molecule has 0 amide bonds. The molecule has 0 unspecified atom stereocenters. The van der Waals surface area contributed by atoms with Crippen molar-refractivity contribution < 1.29 is 19.7 Å². The van der Waals surface area contributed by atoms with Crippen LogP contribution in [0.4, 0.5) is 0 Å². The fourth-order valence-electron chi connectivity index (χ4n) is 8.65. The van der Waals surface area contributed by atoms with Gasteiger partial charge in [-0.15, -0.1) is 0 Å². The lowest BCUT2D eigenvalue weighted by Crippen LogP contribution is -2.44. The van der Waals surface area contributed by atoms with Gasteiger partial charge in [0, 0.05) is 5.92 Å². The molecule has 0 spiro atoms. The van der Waals surface area contributed by atoms with E-state index in [0.29, 0.717) is 24.2 Å². The van der Waals surface area contributed by atoms with E-state index in [1.807, 2.05) is 0 Å². The van der Waals surface area contributed by atoms with Gasteiger partial charge >= 0.3 is 0 Å². The minimum absolute atomic E-state index is 0.0121. The average Bonchev–Trinajstić information content (AvgIpc) is 3.23. The second kappa shape index (κ2) is 13.5. The van der Waals surface area contributed by atoms with Gasteiger partial charge in [-0.2, -0.15) is 0 Å². The third kappa shape index (κ3) is 7.24. The molecule has 220 valence electrons. The third-order valence-corrected chi connectivity index (χ3v) is 16.1. The van der Waals surface area contributed by atoms with E-state index in [2.05, 4.69) is 60.6 Å². The normalized spacial score (nSPS) is 34.4. The highest BCUT2D eigenvalue weighted by Crippen LogP contribution is 2.60. The number of aliphatic hydroxyl groups excluding tert-OH is 3. The molecule has 4 nitrogen and oxygen atoms in total. The Morgan fingerprint density at radius 3 is 2.26 bits per heavy atom.